The van der Waals surface area contributed by atoms with Gasteiger partial charge < -0.3 is 4.90 Å². The highest BCUT2D eigenvalue weighted by Gasteiger charge is 2.51. The Kier molecular flexibility index (Phi) is 4.43. The van der Waals surface area contributed by atoms with E-state index in [2.05, 4.69) is 143 Å². The van der Waals surface area contributed by atoms with Crippen molar-refractivity contribution in [3.63, 3.8) is 0 Å². The molecule has 0 unspecified atom stereocenters. The molecule has 0 bridgehead atoms. The number of benzene rings is 5. The average molecular weight is 558 g/mol. The Morgan fingerprint density at radius 1 is 0.600 bits per heavy atom. The second kappa shape index (κ2) is 7.56. The van der Waals surface area contributed by atoms with Crippen molar-refractivity contribution in [2.45, 2.75) is 5.41 Å². The summed E-state index contributed by atoms with van der Waals surface area (Å²) in [4.78, 5) is 2.37. The Morgan fingerprint density at radius 3 is 1.83 bits per heavy atom. The summed E-state index contributed by atoms with van der Waals surface area (Å²) < 4.78 is 1.20. The van der Waals surface area contributed by atoms with Crippen LogP contribution in [-0.2, 0) is 5.41 Å². The normalized spacial score (nSPS) is 14.0. The number of para-hydroxylation sites is 3. The summed E-state index contributed by atoms with van der Waals surface area (Å²) >= 11 is 2.42. The number of rotatable bonds is 1. The lowest BCUT2D eigenvalue weighted by molar-refractivity contribution is 0.751. The van der Waals surface area contributed by atoms with Gasteiger partial charge in [-0.05, 0) is 105 Å². The summed E-state index contributed by atoms with van der Waals surface area (Å²) in [6, 6.07) is 43.4. The van der Waals surface area contributed by atoms with Gasteiger partial charge in [0.05, 0.1) is 28.4 Å². The van der Waals surface area contributed by atoms with Gasteiger partial charge in [-0.25, -0.2) is 0 Å². The largest absolute Gasteiger partial charge is 0.310 e. The molecule has 0 saturated carbocycles. The third kappa shape index (κ3) is 2.69. The van der Waals surface area contributed by atoms with E-state index in [0.717, 1.165) is 17.1 Å². The highest BCUT2D eigenvalue weighted by molar-refractivity contribution is 14.1. The molecule has 2 nitrogen and oxygen atoms in total. The lowest BCUT2D eigenvalue weighted by Crippen LogP contribution is -2.36. The van der Waals surface area contributed by atoms with Crippen LogP contribution in [0, 0.1) is 14.9 Å². The van der Waals surface area contributed by atoms with Gasteiger partial charge in [-0.1, -0.05) is 66.7 Å². The molecule has 1 spiro atoms. The maximum atomic E-state index is 9.84. The summed E-state index contributed by atoms with van der Waals surface area (Å²) in [5.74, 6) is 0. The molecule has 0 amide bonds. The fourth-order valence-electron chi connectivity index (χ4n) is 6.05. The van der Waals surface area contributed by atoms with Gasteiger partial charge in [0.2, 0.25) is 0 Å². The van der Waals surface area contributed by atoms with Crippen LogP contribution in [-0.4, -0.2) is 0 Å². The Balaban J connectivity index is 1.68. The van der Waals surface area contributed by atoms with Crippen molar-refractivity contribution in [3.05, 3.63) is 147 Å². The number of hydrogen-bond donors (Lipinski definition) is 0. The first kappa shape index (κ1) is 20.5. The van der Waals surface area contributed by atoms with E-state index in [9.17, 15) is 5.26 Å². The Bertz CT molecular complexity index is 1630. The van der Waals surface area contributed by atoms with Crippen LogP contribution in [0.25, 0.3) is 11.1 Å². The molecule has 1 aliphatic carbocycles. The summed E-state index contributed by atoms with van der Waals surface area (Å²) in [5.41, 5.74) is 11.0. The molecule has 3 heteroatoms. The van der Waals surface area contributed by atoms with Crippen molar-refractivity contribution in [1.29, 1.82) is 5.26 Å². The van der Waals surface area contributed by atoms with Crippen LogP contribution in [0.3, 0.4) is 0 Å². The molecular weight excluding hydrogens is 539 g/mol. The number of anilines is 3. The molecule has 5 aromatic rings. The highest BCUT2D eigenvalue weighted by Crippen LogP contribution is 2.63. The van der Waals surface area contributed by atoms with Crippen LogP contribution in [0.5, 0.6) is 0 Å². The van der Waals surface area contributed by atoms with Crippen molar-refractivity contribution in [2.75, 3.05) is 4.90 Å². The molecule has 2 aliphatic rings. The van der Waals surface area contributed by atoms with E-state index >= 15 is 0 Å². The van der Waals surface area contributed by atoms with Crippen molar-refractivity contribution in [3.8, 4) is 17.2 Å². The van der Waals surface area contributed by atoms with Gasteiger partial charge in [0.15, 0.2) is 0 Å². The third-order valence-corrected chi connectivity index (χ3v) is 8.01. The van der Waals surface area contributed by atoms with Crippen LogP contribution in [0.1, 0.15) is 27.8 Å². The van der Waals surface area contributed by atoms with Crippen LogP contribution in [0.4, 0.5) is 17.1 Å². The topological polar surface area (TPSA) is 27.0 Å². The summed E-state index contributed by atoms with van der Waals surface area (Å²) in [6.07, 6.45) is 0. The molecule has 0 aromatic heterocycles. The maximum absolute atomic E-state index is 9.84. The Morgan fingerprint density at radius 2 is 1.17 bits per heavy atom. The van der Waals surface area contributed by atoms with E-state index in [4.69, 9.17) is 0 Å². The standard InChI is InChI=1S/C32H19IN2/c33-22-15-17-25-24-16-14-21(20-34)18-28(24)32(29(25)19-22)26-10-4-6-12-30(26)35(23-8-2-1-3-9-23)31-13-7-5-11-27(31)32/h1-19H. The van der Waals surface area contributed by atoms with E-state index in [0.29, 0.717) is 5.56 Å². The number of nitriles is 1. The molecule has 0 fully saturated rings. The minimum absolute atomic E-state index is 0.503. The third-order valence-electron chi connectivity index (χ3n) is 7.34. The van der Waals surface area contributed by atoms with Crippen LogP contribution in [0.2, 0.25) is 0 Å². The van der Waals surface area contributed by atoms with Crippen LogP contribution >= 0.6 is 22.6 Å². The number of halogens is 1. The fraction of sp³-hybridized carbons (Fsp3) is 0.0312. The lowest BCUT2D eigenvalue weighted by atomic mass is 9.64. The highest BCUT2D eigenvalue weighted by atomic mass is 127. The van der Waals surface area contributed by atoms with Crippen LogP contribution in [0.15, 0.2) is 115 Å². The van der Waals surface area contributed by atoms with E-state index in [-0.39, 0.29) is 0 Å². The van der Waals surface area contributed by atoms with Crippen LogP contribution < -0.4 is 4.90 Å². The molecule has 1 aliphatic heterocycles. The van der Waals surface area contributed by atoms with Gasteiger partial charge in [0, 0.05) is 9.26 Å². The molecule has 0 saturated heterocycles. The molecule has 0 N–H and O–H groups in total. The second-order valence-electron chi connectivity index (χ2n) is 9.02. The van der Waals surface area contributed by atoms with Gasteiger partial charge in [0.25, 0.3) is 0 Å². The minimum atomic E-state index is -0.503. The second-order valence-corrected chi connectivity index (χ2v) is 10.3. The van der Waals surface area contributed by atoms with Gasteiger partial charge in [-0.3, -0.25) is 0 Å². The molecule has 35 heavy (non-hydrogen) atoms. The number of hydrogen-bond acceptors (Lipinski definition) is 2. The quantitative estimate of drug-likeness (QED) is 0.190. The molecule has 7 rings (SSSR count). The monoisotopic (exact) mass is 558 g/mol. The van der Waals surface area contributed by atoms with Gasteiger partial charge in [-0.15, -0.1) is 0 Å². The Hall–Kier alpha value is -3.88. The average Bonchev–Trinajstić information content (AvgIpc) is 3.19. The predicted octanol–water partition coefficient (Wildman–Crippen LogP) is 8.31. The molecule has 0 radical (unpaired) electrons. The molecule has 1 heterocycles. The van der Waals surface area contributed by atoms with E-state index in [1.54, 1.807) is 0 Å². The SMILES string of the molecule is N#Cc1ccc2c(c1)C1(c3cc(I)ccc3-2)c2ccccc2N(c2ccccc2)c2ccccc21. The van der Waals surface area contributed by atoms with E-state index < -0.39 is 5.41 Å². The van der Waals surface area contributed by atoms with Crippen molar-refractivity contribution in [2.24, 2.45) is 0 Å². The summed E-state index contributed by atoms with van der Waals surface area (Å²) in [5, 5.41) is 9.84. The van der Waals surface area contributed by atoms with Crippen molar-refractivity contribution < 1.29 is 0 Å². The van der Waals surface area contributed by atoms with Crippen molar-refractivity contribution >= 4 is 39.7 Å². The molecular formula is C32H19IN2. The zero-order chi connectivity index (χ0) is 23.6. The Labute approximate surface area is 218 Å². The van der Waals surface area contributed by atoms with Gasteiger partial charge in [0.1, 0.15) is 0 Å². The zero-order valence-electron chi connectivity index (χ0n) is 18.7. The molecule has 164 valence electrons. The number of nitrogens with zero attached hydrogens (tertiary/aromatic N) is 2. The molecule has 0 atom stereocenters. The first-order valence-electron chi connectivity index (χ1n) is 11.6. The smallest absolute Gasteiger partial charge is 0.0991 e. The van der Waals surface area contributed by atoms with E-state index in [1.807, 2.05) is 6.07 Å². The summed E-state index contributed by atoms with van der Waals surface area (Å²) in [7, 11) is 0. The fourth-order valence-corrected chi connectivity index (χ4v) is 6.54. The van der Waals surface area contributed by atoms with Crippen molar-refractivity contribution in [1.82, 2.24) is 0 Å². The first-order valence-corrected chi connectivity index (χ1v) is 12.7. The zero-order valence-corrected chi connectivity index (χ0v) is 20.9. The summed E-state index contributed by atoms with van der Waals surface area (Å²) in [6.45, 7) is 0. The minimum Gasteiger partial charge on any atom is -0.310 e. The maximum Gasteiger partial charge on any atom is 0.0991 e. The van der Waals surface area contributed by atoms with E-state index in [1.165, 1.54) is 37.0 Å². The number of fused-ring (bicyclic) bond motifs is 9. The lowest BCUT2D eigenvalue weighted by Gasteiger charge is -2.45. The predicted molar refractivity (Wildman–Crippen MR) is 149 cm³/mol. The van der Waals surface area contributed by atoms with Gasteiger partial charge >= 0.3 is 0 Å². The first-order chi connectivity index (χ1) is 17.2. The van der Waals surface area contributed by atoms with Gasteiger partial charge in [-0.2, -0.15) is 5.26 Å². The molecule has 5 aromatic carbocycles.